The number of nitro groups is 1. The fraction of sp³-hybridized carbons (Fsp3) is 0.300. The third-order valence-electron chi connectivity index (χ3n) is 2.04. The highest BCUT2D eigenvalue weighted by molar-refractivity contribution is 9.10. The summed E-state index contributed by atoms with van der Waals surface area (Å²) in [6, 6.07) is -0.190. The number of nitrogens with one attached hydrogen (secondary N) is 1. The van der Waals surface area contributed by atoms with Crippen molar-refractivity contribution in [2.45, 2.75) is 19.9 Å². The quantitative estimate of drug-likeness (QED) is 0.526. The van der Waals surface area contributed by atoms with Gasteiger partial charge in [-0.3, -0.25) is 10.1 Å². The lowest BCUT2D eigenvalue weighted by Crippen LogP contribution is -2.14. The Morgan fingerprint density at radius 1 is 1.75 bits per heavy atom. The lowest BCUT2D eigenvalue weighted by Gasteiger charge is -2.11. The Hall–Kier alpha value is -1.61. The molecule has 0 aliphatic heterocycles. The van der Waals surface area contributed by atoms with Crippen LogP contribution in [0.1, 0.15) is 12.5 Å². The van der Waals surface area contributed by atoms with Crippen molar-refractivity contribution in [1.82, 2.24) is 4.98 Å². The summed E-state index contributed by atoms with van der Waals surface area (Å²) in [7, 11) is 0. The van der Waals surface area contributed by atoms with Crippen molar-refractivity contribution in [2.75, 3.05) is 5.32 Å². The van der Waals surface area contributed by atoms with Crippen molar-refractivity contribution < 1.29 is 4.92 Å². The Bertz CT molecular complexity index is 468. The molecule has 1 N–H and O–H groups in total. The fourth-order valence-corrected chi connectivity index (χ4v) is 1.52. The van der Waals surface area contributed by atoms with Crippen molar-refractivity contribution in [3.63, 3.8) is 0 Å². The third kappa shape index (κ3) is 2.49. The van der Waals surface area contributed by atoms with Crippen LogP contribution in [0.2, 0.25) is 0 Å². The van der Waals surface area contributed by atoms with E-state index in [9.17, 15) is 10.1 Å². The van der Waals surface area contributed by atoms with Crippen LogP contribution in [-0.4, -0.2) is 15.9 Å². The van der Waals surface area contributed by atoms with Crippen molar-refractivity contribution >= 4 is 27.4 Å². The van der Waals surface area contributed by atoms with Gasteiger partial charge in [-0.1, -0.05) is 5.92 Å². The molecule has 0 saturated carbocycles. The van der Waals surface area contributed by atoms with Crippen LogP contribution in [0.25, 0.3) is 0 Å². The van der Waals surface area contributed by atoms with Crippen LogP contribution >= 0.6 is 15.9 Å². The molecular formula is C10H10BrN3O2. The third-order valence-corrected chi connectivity index (χ3v) is 3.01. The zero-order chi connectivity index (χ0) is 12.3. The average molecular weight is 284 g/mol. The number of nitrogens with zero attached hydrogens (tertiary/aromatic N) is 2. The molecule has 0 spiro atoms. The maximum absolute atomic E-state index is 10.7. The Balaban J connectivity index is 3.13. The summed E-state index contributed by atoms with van der Waals surface area (Å²) in [5, 5.41) is 13.6. The van der Waals surface area contributed by atoms with Gasteiger partial charge in [-0.05, 0) is 29.8 Å². The molecule has 0 fully saturated rings. The first-order chi connectivity index (χ1) is 7.47. The first-order valence-corrected chi connectivity index (χ1v) is 5.28. The first-order valence-electron chi connectivity index (χ1n) is 4.49. The molecule has 6 heteroatoms. The van der Waals surface area contributed by atoms with E-state index in [1.807, 2.05) is 0 Å². The highest BCUT2D eigenvalue weighted by Gasteiger charge is 2.17. The van der Waals surface area contributed by atoms with Crippen molar-refractivity contribution in [1.29, 1.82) is 0 Å². The molecule has 1 heterocycles. The van der Waals surface area contributed by atoms with E-state index in [4.69, 9.17) is 6.42 Å². The molecule has 1 aromatic heterocycles. The van der Waals surface area contributed by atoms with Gasteiger partial charge in [0.05, 0.1) is 15.4 Å². The number of pyridine rings is 1. The summed E-state index contributed by atoms with van der Waals surface area (Å²) < 4.78 is 0.559. The van der Waals surface area contributed by atoms with E-state index in [0.717, 1.165) is 0 Å². The van der Waals surface area contributed by atoms with Crippen LogP contribution < -0.4 is 5.32 Å². The Morgan fingerprint density at radius 2 is 2.38 bits per heavy atom. The van der Waals surface area contributed by atoms with Gasteiger partial charge in [-0.25, -0.2) is 4.98 Å². The summed E-state index contributed by atoms with van der Waals surface area (Å²) in [4.78, 5) is 14.1. The molecule has 0 bridgehead atoms. The summed E-state index contributed by atoms with van der Waals surface area (Å²) in [6.45, 7) is 3.44. The minimum Gasteiger partial charge on any atom is -0.356 e. The molecule has 84 valence electrons. The lowest BCUT2D eigenvalue weighted by molar-refractivity contribution is -0.385. The topological polar surface area (TPSA) is 68.1 Å². The number of halogens is 1. The number of aromatic nitrogens is 1. The van der Waals surface area contributed by atoms with Crippen LogP contribution in [0.15, 0.2) is 10.7 Å². The van der Waals surface area contributed by atoms with Crippen molar-refractivity contribution in [3.8, 4) is 12.3 Å². The average Bonchev–Trinajstić information content (AvgIpc) is 2.24. The maximum Gasteiger partial charge on any atom is 0.291 e. The van der Waals surface area contributed by atoms with Crippen LogP contribution in [-0.2, 0) is 0 Å². The Kier molecular flexibility index (Phi) is 3.85. The highest BCUT2D eigenvalue weighted by Crippen LogP contribution is 2.30. The minimum absolute atomic E-state index is 0.0224. The number of terminal acetylenes is 1. The molecule has 1 unspecified atom stereocenters. The smallest absolute Gasteiger partial charge is 0.291 e. The van der Waals surface area contributed by atoms with Gasteiger partial charge in [0.2, 0.25) is 0 Å². The fourth-order valence-electron chi connectivity index (χ4n) is 1.10. The van der Waals surface area contributed by atoms with E-state index in [1.165, 1.54) is 6.20 Å². The zero-order valence-corrected chi connectivity index (χ0v) is 10.4. The zero-order valence-electron chi connectivity index (χ0n) is 8.82. The Morgan fingerprint density at radius 3 is 2.88 bits per heavy atom. The summed E-state index contributed by atoms with van der Waals surface area (Å²) in [6.07, 6.45) is 6.44. The van der Waals surface area contributed by atoms with Crippen molar-refractivity contribution in [3.05, 3.63) is 26.3 Å². The number of hydrogen-bond donors (Lipinski definition) is 1. The second-order valence-electron chi connectivity index (χ2n) is 3.22. The molecule has 0 radical (unpaired) electrons. The molecule has 1 aromatic rings. The maximum atomic E-state index is 10.7. The largest absolute Gasteiger partial charge is 0.356 e. The van der Waals surface area contributed by atoms with Gasteiger partial charge >= 0.3 is 0 Å². The number of rotatable bonds is 3. The second-order valence-corrected chi connectivity index (χ2v) is 4.01. The number of hydrogen-bond acceptors (Lipinski definition) is 4. The molecule has 16 heavy (non-hydrogen) atoms. The lowest BCUT2D eigenvalue weighted by atomic mass is 10.2. The van der Waals surface area contributed by atoms with Gasteiger partial charge in [-0.2, -0.15) is 0 Å². The SMILES string of the molecule is C#CC(C)Nc1ncc([N+](=O)[O-])c(C)c1Br. The monoisotopic (exact) mass is 283 g/mol. The van der Waals surface area contributed by atoms with E-state index in [1.54, 1.807) is 13.8 Å². The Labute approximate surface area is 102 Å². The molecule has 0 aliphatic rings. The molecule has 5 nitrogen and oxygen atoms in total. The van der Waals surface area contributed by atoms with E-state index >= 15 is 0 Å². The van der Waals surface area contributed by atoms with E-state index < -0.39 is 4.92 Å². The van der Waals surface area contributed by atoms with Crippen molar-refractivity contribution in [2.24, 2.45) is 0 Å². The predicted molar refractivity (Wildman–Crippen MR) is 65.2 cm³/mol. The first kappa shape index (κ1) is 12.5. The second kappa shape index (κ2) is 4.94. The molecule has 0 aliphatic carbocycles. The van der Waals surface area contributed by atoms with Crippen LogP contribution in [0.4, 0.5) is 11.5 Å². The van der Waals surface area contributed by atoms with Gasteiger partial charge in [0.1, 0.15) is 12.0 Å². The van der Waals surface area contributed by atoms with E-state index in [0.29, 0.717) is 15.9 Å². The molecule has 0 saturated heterocycles. The molecule has 1 rings (SSSR count). The van der Waals surface area contributed by atoms with Crippen LogP contribution in [0.3, 0.4) is 0 Å². The van der Waals surface area contributed by atoms with Gasteiger partial charge in [0.25, 0.3) is 5.69 Å². The normalized spacial score (nSPS) is 11.6. The van der Waals surface area contributed by atoms with Crippen LogP contribution in [0.5, 0.6) is 0 Å². The molecule has 1 atom stereocenters. The highest BCUT2D eigenvalue weighted by atomic mass is 79.9. The molecular weight excluding hydrogens is 274 g/mol. The summed E-state index contributed by atoms with van der Waals surface area (Å²) in [5.74, 6) is 3.00. The van der Waals surface area contributed by atoms with Gasteiger partial charge < -0.3 is 5.32 Å². The summed E-state index contributed by atoms with van der Waals surface area (Å²) in [5.41, 5.74) is 0.498. The van der Waals surface area contributed by atoms with Crippen LogP contribution in [0, 0.1) is 29.4 Å². The summed E-state index contributed by atoms with van der Waals surface area (Å²) >= 11 is 3.26. The standard InChI is InChI=1S/C10H10BrN3O2/c1-4-6(2)13-10-9(11)7(3)8(5-12-10)14(15)16/h1,5-6H,2-3H3,(H,12,13). The molecule has 0 amide bonds. The van der Waals surface area contributed by atoms with E-state index in [2.05, 4.69) is 32.2 Å². The molecule has 0 aromatic carbocycles. The van der Waals surface area contributed by atoms with Gasteiger partial charge in [0, 0.05) is 5.56 Å². The predicted octanol–water partition coefficient (Wildman–Crippen LogP) is 2.49. The van der Waals surface area contributed by atoms with Gasteiger partial charge in [-0.15, -0.1) is 6.42 Å². The number of anilines is 1. The van der Waals surface area contributed by atoms with Gasteiger partial charge in [0.15, 0.2) is 0 Å². The van der Waals surface area contributed by atoms with E-state index in [-0.39, 0.29) is 11.7 Å². The minimum atomic E-state index is -0.471.